The predicted molar refractivity (Wildman–Crippen MR) is 101 cm³/mol. The van der Waals surface area contributed by atoms with Crippen molar-refractivity contribution in [2.75, 3.05) is 5.73 Å². The molecule has 0 aliphatic heterocycles. The Morgan fingerprint density at radius 2 is 1.67 bits per heavy atom. The van der Waals surface area contributed by atoms with Crippen LogP contribution in [0.3, 0.4) is 0 Å². The van der Waals surface area contributed by atoms with E-state index in [0.29, 0.717) is 6.54 Å². The molecule has 3 aromatic carbocycles. The predicted octanol–water partition coefficient (Wildman–Crippen LogP) is 4.36. The molecule has 0 saturated carbocycles. The van der Waals surface area contributed by atoms with Gasteiger partial charge in [-0.15, -0.1) is 0 Å². The van der Waals surface area contributed by atoms with Crippen molar-refractivity contribution >= 4 is 27.8 Å². The molecule has 4 aromatic rings. The average molecular weight is 332 g/mol. The Bertz CT molecular complexity index is 1060. The Kier molecular flexibility index (Phi) is 3.67. The summed E-state index contributed by atoms with van der Waals surface area (Å²) in [6.45, 7) is 0.559. The van der Waals surface area contributed by atoms with Gasteiger partial charge in [0.05, 0.1) is 12.2 Å². The van der Waals surface area contributed by atoms with Gasteiger partial charge < -0.3 is 5.73 Å². The summed E-state index contributed by atoms with van der Waals surface area (Å²) in [4.78, 5) is 12.4. The summed E-state index contributed by atoms with van der Waals surface area (Å²) < 4.78 is 1.83. The molecule has 1 aromatic heterocycles. The molecule has 4 heteroatoms. The van der Waals surface area contributed by atoms with Crippen molar-refractivity contribution < 1.29 is 0 Å². The molecule has 0 saturated heterocycles. The van der Waals surface area contributed by atoms with Gasteiger partial charge in [-0.1, -0.05) is 65.9 Å². The maximum Gasteiger partial charge on any atom is 0.307 e. The Balaban J connectivity index is 1.81. The van der Waals surface area contributed by atoms with E-state index in [-0.39, 0.29) is 4.87 Å². The zero-order valence-electron chi connectivity index (χ0n) is 13.0. The van der Waals surface area contributed by atoms with Crippen molar-refractivity contribution in [3.63, 3.8) is 0 Å². The summed E-state index contributed by atoms with van der Waals surface area (Å²) in [5.41, 5.74) is 9.56. The fourth-order valence-electron chi connectivity index (χ4n) is 2.96. The molecule has 24 heavy (non-hydrogen) atoms. The van der Waals surface area contributed by atoms with Gasteiger partial charge in [0, 0.05) is 11.1 Å². The first kappa shape index (κ1) is 14.7. The molecule has 0 unspecified atom stereocenters. The van der Waals surface area contributed by atoms with Crippen LogP contribution >= 0.6 is 11.3 Å². The monoisotopic (exact) mass is 332 g/mol. The number of anilines is 1. The van der Waals surface area contributed by atoms with E-state index in [1.54, 1.807) is 0 Å². The highest BCUT2D eigenvalue weighted by Gasteiger charge is 2.11. The summed E-state index contributed by atoms with van der Waals surface area (Å²) in [6.07, 6.45) is 0. The average Bonchev–Trinajstić information content (AvgIpc) is 2.97. The number of fused-ring (bicyclic) bond motifs is 1. The first-order valence-corrected chi connectivity index (χ1v) is 8.61. The summed E-state index contributed by atoms with van der Waals surface area (Å²) in [5.74, 6) is 0. The van der Waals surface area contributed by atoms with E-state index in [4.69, 9.17) is 5.73 Å². The van der Waals surface area contributed by atoms with Crippen LogP contribution in [0.2, 0.25) is 0 Å². The van der Waals surface area contributed by atoms with Crippen LogP contribution < -0.4 is 10.6 Å². The van der Waals surface area contributed by atoms with Crippen LogP contribution in [0.25, 0.3) is 22.0 Å². The van der Waals surface area contributed by atoms with Crippen molar-refractivity contribution in [3.8, 4) is 11.3 Å². The van der Waals surface area contributed by atoms with Gasteiger partial charge in [0.25, 0.3) is 0 Å². The molecule has 118 valence electrons. The summed E-state index contributed by atoms with van der Waals surface area (Å²) in [7, 11) is 0. The van der Waals surface area contributed by atoms with E-state index in [1.165, 1.54) is 22.1 Å². The van der Waals surface area contributed by atoms with Crippen LogP contribution in [0, 0.1) is 0 Å². The Labute approximate surface area is 143 Å². The Morgan fingerprint density at radius 1 is 0.917 bits per heavy atom. The van der Waals surface area contributed by atoms with Crippen LogP contribution in [0.15, 0.2) is 76.9 Å². The minimum Gasteiger partial charge on any atom is -0.399 e. The third-order valence-corrected chi connectivity index (χ3v) is 4.96. The number of benzene rings is 3. The van der Waals surface area contributed by atoms with E-state index >= 15 is 0 Å². The lowest BCUT2D eigenvalue weighted by atomic mass is 10.0. The van der Waals surface area contributed by atoms with Crippen molar-refractivity contribution in [2.45, 2.75) is 6.54 Å². The molecule has 0 spiro atoms. The lowest BCUT2D eigenvalue weighted by Crippen LogP contribution is -2.15. The van der Waals surface area contributed by atoms with Gasteiger partial charge in [0.15, 0.2) is 0 Å². The highest BCUT2D eigenvalue weighted by Crippen LogP contribution is 2.24. The summed E-state index contributed by atoms with van der Waals surface area (Å²) >= 11 is 1.23. The standard InChI is InChI=1S/C20H16N2OS/c21-17-10-8-15(9-11-17)19-13-24-20(23)22(19)12-16-6-3-5-14-4-1-2-7-18(14)16/h1-11,13H,12,21H2. The highest BCUT2D eigenvalue weighted by atomic mass is 32.1. The van der Waals surface area contributed by atoms with Gasteiger partial charge in [-0.3, -0.25) is 9.36 Å². The second-order valence-electron chi connectivity index (χ2n) is 5.73. The van der Waals surface area contributed by atoms with Gasteiger partial charge in [-0.05, 0) is 34.0 Å². The zero-order chi connectivity index (χ0) is 16.5. The fraction of sp³-hybridized carbons (Fsp3) is 0.0500. The lowest BCUT2D eigenvalue weighted by Gasteiger charge is -2.11. The molecule has 0 aliphatic rings. The lowest BCUT2D eigenvalue weighted by molar-refractivity contribution is 0.798. The third kappa shape index (κ3) is 2.61. The smallest absolute Gasteiger partial charge is 0.307 e. The van der Waals surface area contributed by atoms with Gasteiger partial charge in [0.2, 0.25) is 0 Å². The molecule has 0 atom stereocenters. The number of nitrogens with zero attached hydrogens (tertiary/aromatic N) is 1. The normalized spacial score (nSPS) is 11.0. The van der Waals surface area contributed by atoms with Crippen LogP contribution in [-0.2, 0) is 6.54 Å². The number of hydrogen-bond donors (Lipinski definition) is 1. The zero-order valence-corrected chi connectivity index (χ0v) is 13.8. The third-order valence-electron chi connectivity index (χ3n) is 4.20. The first-order valence-electron chi connectivity index (χ1n) is 7.73. The molecule has 4 rings (SSSR count). The second kappa shape index (κ2) is 5.98. The van der Waals surface area contributed by atoms with Gasteiger partial charge >= 0.3 is 4.87 Å². The maximum atomic E-state index is 12.4. The second-order valence-corrected chi connectivity index (χ2v) is 6.55. The number of nitrogen functional groups attached to an aromatic ring is 1. The van der Waals surface area contributed by atoms with Crippen molar-refractivity contribution in [1.29, 1.82) is 0 Å². The number of hydrogen-bond acceptors (Lipinski definition) is 3. The SMILES string of the molecule is Nc1ccc(-c2csc(=O)n2Cc2cccc3ccccc23)cc1. The van der Waals surface area contributed by atoms with Gasteiger partial charge in [-0.2, -0.15) is 0 Å². The Hall–Kier alpha value is -2.85. The number of thiazole rings is 1. The molecule has 0 amide bonds. The van der Waals surface area contributed by atoms with E-state index in [9.17, 15) is 4.79 Å². The van der Waals surface area contributed by atoms with Crippen LogP contribution in [0.5, 0.6) is 0 Å². The Morgan fingerprint density at radius 3 is 2.50 bits per heavy atom. The molecule has 3 nitrogen and oxygen atoms in total. The topological polar surface area (TPSA) is 48.0 Å². The van der Waals surface area contributed by atoms with Crippen LogP contribution in [0.4, 0.5) is 5.69 Å². The van der Waals surface area contributed by atoms with E-state index in [1.807, 2.05) is 52.4 Å². The molecule has 0 aliphatic carbocycles. The molecule has 0 fully saturated rings. The minimum absolute atomic E-state index is 0.0507. The molecule has 2 N–H and O–H groups in total. The molecular formula is C20H16N2OS. The van der Waals surface area contributed by atoms with Crippen molar-refractivity contribution in [3.05, 3.63) is 87.3 Å². The highest BCUT2D eigenvalue weighted by molar-refractivity contribution is 7.07. The van der Waals surface area contributed by atoms with E-state index in [0.717, 1.165) is 22.5 Å². The van der Waals surface area contributed by atoms with Crippen molar-refractivity contribution in [1.82, 2.24) is 4.57 Å². The summed E-state index contributed by atoms with van der Waals surface area (Å²) in [6, 6.07) is 22.1. The van der Waals surface area contributed by atoms with Crippen LogP contribution in [-0.4, -0.2) is 4.57 Å². The van der Waals surface area contributed by atoms with Gasteiger partial charge in [0.1, 0.15) is 0 Å². The number of aromatic nitrogens is 1. The first-order chi connectivity index (χ1) is 11.7. The summed E-state index contributed by atoms with van der Waals surface area (Å²) in [5, 5.41) is 4.28. The van der Waals surface area contributed by atoms with E-state index in [2.05, 4.69) is 24.3 Å². The molecular weight excluding hydrogens is 316 g/mol. The molecule has 0 bridgehead atoms. The minimum atomic E-state index is 0.0507. The maximum absolute atomic E-state index is 12.4. The van der Waals surface area contributed by atoms with E-state index < -0.39 is 0 Å². The quantitative estimate of drug-likeness (QED) is 0.567. The van der Waals surface area contributed by atoms with Gasteiger partial charge in [-0.25, -0.2) is 0 Å². The fourth-order valence-corrected chi connectivity index (χ4v) is 3.73. The molecule has 0 radical (unpaired) electrons. The van der Waals surface area contributed by atoms with Crippen molar-refractivity contribution in [2.24, 2.45) is 0 Å². The largest absolute Gasteiger partial charge is 0.399 e. The van der Waals surface area contributed by atoms with Crippen LogP contribution in [0.1, 0.15) is 5.56 Å². The molecule has 1 heterocycles. The number of nitrogens with two attached hydrogens (primary N) is 1. The number of rotatable bonds is 3.